The van der Waals surface area contributed by atoms with Gasteiger partial charge in [-0.15, -0.1) is 0 Å². The first-order valence-electron chi connectivity index (χ1n) is 7.47. The molecule has 1 aromatic heterocycles. The van der Waals surface area contributed by atoms with Crippen LogP contribution < -0.4 is 0 Å². The molecule has 0 radical (unpaired) electrons. The molecule has 112 valence electrons. The van der Waals surface area contributed by atoms with Crippen LogP contribution >= 0.6 is 0 Å². The van der Waals surface area contributed by atoms with E-state index in [1.54, 1.807) is 7.11 Å². The lowest BCUT2D eigenvalue weighted by Crippen LogP contribution is -2.12. The maximum atomic E-state index is 9.03. The number of fused-ring (bicyclic) bond motifs is 1. The molecule has 2 rings (SSSR count). The fourth-order valence-corrected chi connectivity index (χ4v) is 2.46. The van der Waals surface area contributed by atoms with Gasteiger partial charge in [0.15, 0.2) is 0 Å². The number of nitrogens with zero attached hydrogens (tertiary/aromatic N) is 3. The molecule has 1 heterocycles. The van der Waals surface area contributed by atoms with Crippen LogP contribution in [-0.4, -0.2) is 22.8 Å². The molecule has 0 aliphatic carbocycles. The van der Waals surface area contributed by atoms with Gasteiger partial charge in [0.2, 0.25) is 0 Å². The van der Waals surface area contributed by atoms with Crippen molar-refractivity contribution in [3.8, 4) is 6.07 Å². The van der Waals surface area contributed by atoms with Crippen LogP contribution in [0.5, 0.6) is 0 Å². The maximum absolute atomic E-state index is 9.03. The number of hydrogen-bond donors (Lipinski definition) is 0. The Bertz CT molecular complexity index is 652. The molecule has 0 saturated heterocycles. The molecule has 4 nitrogen and oxygen atoms in total. The molecule has 2 aromatic rings. The molecule has 1 atom stereocenters. The molecule has 21 heavy (non-hydrogen) atoms. The summed E-state index contributed by atoms with van der Waals surface area (Å²) in [4.78, 5) is 4.74. The third kappa shape index (κ3) is 3.62. The van der Waals surface area contributed by atoms with Gasteiger partial charge in [0.1, 0.15) is 5.82 Å². The van der Waals surface area contributed by atoms with Crippen LogP contribution in [0, 0.1) is 17.2 Å². The van der Waals surface area contributed by atoms with Gasteiger partial charge >= 0.3 is 0 Å². The zero-order valence-electron chi connectivity index (χ0n) is 13.3. The van der Waals surface area contributed by atoms with E-state index in [1.807, 2.05) is 18.2 Å². The van der Waals surface area contributed by atoms with Gasteiger partial charge in [0.25, 0.3) is 0 Å². The van der Waals surface area contributed by atoms with Gasteiger partial charge in [0, 0.05) is 20.1 Å². The normalized spacial score (nSPS) is 12.8. The highest BCUT2D eigenvalue weighted by Gasteiger charge is 2.13. The predicted molar refractivity (Wildman–Crippen MR) is 84.1 cm³/mol. The van der Waals surface area contributed by atoms with Crippen molar-refractivity contribution in [2.75, 3.05) is 7.11 Å². The summed E-state index contributed by atoms with van der Waals surface area (Å²) in [5.74, 6) is 1.63. The first-order valence-corrected chi connectivity index (χ1v) is 7.47. The standard InChI is InChI=1S/C17H23N3O/c1-12(2)11-20-16-7-6-14(10-18)9-15(16)19-17(20)8-5-13(3)21-4/h6-7,9,12-13H,5,8,11H2,1-4H3. The van der Waals surface area contributed by atoms with E-state index in [2.05, 4.69) is 31.4 Å². The van der Waals surface area contributed by atoms with E-state index in [9.17, 15) is 0 Å². The average Bonchev–Trinajstić information content (AvgIpc) is 2.81. The van der Waals surface area contributed by atoms with Crippen LogP contribution in [0.1, 0.15) is 38.6 Å². The Morgan fingerprint density at radius 2 is 2.10 bits per heavy atom. The minimum absolute atomic E-state index is 0.229. The van der Waals surface area contributed by atoms with E-state index in [4.69, 9.17) is 15.0 Å². The van der Waals surface area contributed by atoms with Crippen molar-refractivity contribution >= 4 is 11.0 Å². The van der Waals surface area contributed by atoms with Crippen molar-refractivity contribution in [3.63, 3.8) is 0 Å². The summed E-state index contributed by atoms with van der Waals surface area (Å²) in [6.07, 6.45) is 2.06. The fourth-order valence-electron chi connectivity index (χ4n) is 2.46. The maximum Gasteiger partial charge on any atom is 0.109 e. The van der Waals surface area contributed by atoms with Gasteiger partial charge in [-0.2, -0.15) is 5.26 Å². The van der Waals surface area contributed by atoms with Gasteiger partial charge in [-0.3, -0.25) is 0 Å². The zero-order valence-corrected chi connectivity index (χ0v) is 13.3. The summed E-state index contributed by atoms with van der Waals surface area (Å²) < 4.78 is 7.60. The Morgan fingerprint density at radius 3 is 2.71 bits per heavy atom. The second-order valence-corrected chi connectivity index (χ2v) is 5.93. The highest BCUT2D eigenvalue weighted by atomic mass is 16.5. The van der Waals surface area contributed by atoms with Gasteiger partial charge in [-0.1, -0.05) is 13.8 Å². The highest BCUT2D eigenvalue weighted by Crippen LogP contribution is 2.21. The number of benzene rings is 1. The summed E-state index contributed by atoms with van der Waals surface area (Å²) in [6, 6.07) is 7.92. The van der Waals surface area contributed by atoms with Crippen molar-refractivity contribution in [1.82, 2.24) is 9.55 Å². The van der Waals surface area contributed by atoms with Crippen LogP contribution in [0.2, 0.25) is 0 Å². The van der Waals surface area contributed by atoms with Crippen molar-refractivity contribution < 1.29 is 4.74 Å². The first-order chi connectivity index (χ1) is 10.0. The zero-order chi connectivity index (χ0) is 15.4. The minimum Gasteiger partial charge on any atom is -0.382 e. The van der Waals surface area contributed by atoms with Crippen molar-refractivity contribution in [1.29, 1.82) is 5.26 Å². The molecule has 0 fully saturated rings. The molecule has 0 N–H and O–H groups in total. The summed E-state index contributed by atoms with van der Waals surface area (Å²) in [5.41, 5.74) is 2.69. The third-order valence-electron chi connectivity index (χ3n) is 3.68. The molecule has 1 aromatic carbocycles. The highest BCUT2D eigenvalue weighted by molar-refractivity contribution is 5.77. The Morgan fingerprint density at radius 1 is 1.33 bits per heavy atom. The minimum atomic E-state index is 0.229. The topological polar surface area (TPSA) is 50.8 Å². The molecule has 0 bridgehead atoms. The molecule has 0 saturated carbocycles. The number of methoxy groups -OCH3 is 1. The average molecular weight is 285 g/mol. The van der Waals surface area contributed by atoms with E-state index in [0.717, 1.165) is 36.2 Å². The molecule has 0 aliphatic heterocycles. The lowest BCUT2D eigenvalue weighted by atomic mass is 10.2. The smallest absolute Gasteiger partial charge is 0.109 e. The van der Waals surface area contributed by atoms with Crippen LogP contribution in [0.3, 0.4) is 0 Å². The number of aryl methyl sites for hydroxylation is 1. The second kappa shape index (κ2) is 6.73. The molecule has 0 spiro atoms. The monoisotopic (exact) mass is 285 g/mol. The number of ether oxygens (including phenoxy) is 1. The van der Waals surface area contributed by atoms with Crippen molar-refractivity contribution in [2.45, 2.75) is 46.3 Å². The molecular weight excluding hydrogens is 262 g/mol. The SMILES string of the molecule is COC(C)CCc1nc2cc(C#N)ccc2n1CC(C)C. The third-order valence-corrected chi connectivity index (χ3v) is 3.68. The summed E-state index contributed by atoms with van der Waals surface area (Å²) >= 11 is 0. The molecule has 0 amide bonds. The Balaban J connectivity index is 2.39. The molecule has 0 aliphatic rings. The largest absolute Gasteiger partial charge is 0.382 e. The Kier molecular flexibility index (Phi) is 4.98. The van der Waals surface area contributed by atoms with E-state index in [0.29, 0.717) is 11.5 Å². The number of rotatable bonds is 6. The lowest BCUT2D eigenvalue weighted by Gasteiger charge is -2.13. The number of nitriles is 1. The lowest BCUT2D eigenvalue weighted by molar-refractivity contribution is 0.110. The molecular formula is C17H23N3O. The first kappa shape index (κ1) is 15.5. The number of hydrogen-bond acceptors (Lipinski definition) is 3. The second-order valence-electron chi connectivity index (χ2n) is 5.93. The summed E-state index contributed by atoms with van der Waals surface area (Å²) in [7, 11) is 1.74. The van der Waals surface area contributed by atoms with Gasteiger partial charge in [-0.25, -0.2) is 4.98 Å². The fraction of sp³-hybridized carbons (Fsp3) is 0.529. The number of aromatic nitrogens is 2. The van der Waals surface area contributed by atoms with Gasteiger partial charge < -0.3 is 9.30 Å². The number of imidazole rings is 1. The van der Waals surface area contributed by atoms with Crippen LogP contribution in [-0.2, 0) is 17.7 Å². The van der Waals surface area contributed by atoms with Crippen LogP contribution in [0.25, 0.3) is 11.0 Å². The van der Waals surface area contributed by atoms with Gasteiger partial charge in [0.05, 0.1) is 28.8 Å². The molecule has 1 unspecified atom stereocenters. The van der Waals surface area contributed by atoms with Crippen LogP contribution in [0.15, 0.2) is 18.2 Å². The van der Waals surface area contributed by atoms with E-state index in [1.165, 1.54) is 0 Å². The predicted octanol–water partition coefficient (Wildman–Crippen LogP) is 3.53. The van der Waals surface area contributed by atoms with Crippen molar-refractivity contribution in [3.05, 3.63) is 29.6 Å². The summed E-state index contributed by atoms with van der Waals surface area (Å²) in [6.45, 7) is 7.43. The van der Waals surface area contributed by atoms with E-state index < -0.39 is 0 Å². The molecule has 4 heteroatoms. The Hall–Kier alpha value is -1.86. The Labute approximate surface area is 126 Å². The van der Waals surface area contributed by atoms with E-state index >= 15 is 0 Å². The van der Waals surface area contributed by atoms with E-state index in [-0.39, 0.29) is 6.10 Å². The quantitative estimate of drug-likeness (QED) is 0.815. The van der Waals surface area contributed by atoms with Gasteiger partial charge in [-0.05, 0) is 37.5 Å². The van der Waals surface area contributed by atoms with Crippen molar-refractivity contribution in [2.24, 2.45) is 5.92 Å². The van der Waals surface area contributed by atoms with Crippen LogP contribution in [0.4, 0.5) is 0 Å². The summed E-state index contributed by atoms with van der Waals surface area (Å²) in [5, 5.41) is 9.03.